The number of Topliss-reactive ketones (excluding diaryl/α,β-unsaturated/α-hetero) is 1. The molecule has 3 saturated carbocycles. The molecule has 4 rings (SSSR count). The van der Waals surface area contributed by atoms with E-state index < -0.39 is 23.1 Å². The summed E-state index contributed by atoms with van der Waals surface area (Å²) in [6, 6.07) is 0. The second-order valence-electron chi connectivity index (χ2n) is 10.3. The lowest BCUT2D eigenvalue weighted by Gasteiger charge is -2.60. The van der Waals surface area contributed by atoms with E-state index in [0.29, 0.717) is 18.8 Å². The van der Waals surface area contributed by atoms with Crippen molar-refractivity contribution < 1.29 is 29.0 Å². The first-order valence-electron chi connectivity index (χ1n) is 11.5. The average molecular weight is 463 g/mol. The van der Waals surface area contributed by atoms with E-state index in [1.165, 1.54) is 18.7 Å². The molecule has 0 heterocycles. The summed E-state index contributed by atoms with van der Waals surface area (Å²) in [5.41, 5.74) is -0.850. The van der Waals surface area contributed by atoms with Gasteiger partial charge >= 0.3 is 5.97 Å². The lowest BCUT2D eigenvalue weighted by atomic mass is 9.46. The van der Waals surface area contributed by atoms with Crippen molar-refractivity contribution in [3.8, 4) is 0 Å². The van der Waals surface area contributed by atoms with Gasteiger partial charge in [-0.1, -0.05) is 25.5 Å². The fourth-order valence-corrected chi connectivity index (χ4v) is 7.85. The van der Waals surface area contributed by atoms with Gasteiger partial charge in [-0.15, -0.1) is 11.8 Å². The normalized spacial score (nSPS) is 42.5. The van der Waals surface area contributed by atoms with Crippen LogP contribution in [0.2, 0.25) is 0 Å². The number of allylic oxidation sites excluding steroid dienone is 4. The molecule has 7 atom stereocenters. The van der Waals surface area contributed by atoms with Gasteiger partial charge < -0.3 is 14.6 Å². The summed E-state index contributed by atoms with van der Waals surface area (Å²) in [5.74, 6) is 0.141. The van der Waals surface area contributed by atoms with E-state index in [9.17, 15) is 19.5 Å². The molecule has 0 aromatic carbocycles. The Bertz CT molecular complexity index is 880. The number of rotatable bonds is 6. The Morgan fingerprint density at radius 3 is 2.72 bits per heavy atom. The van der Waals surface area contributed by atoms with Gasteiger partial charge in [0.05, 0.1) is 12.0 Å². The molecule has 3 fully saturated rings. The number of carbonyl (C=O) groups excluding carboxylic acids is 3. The van der Waals surface area contributed by atoms with Crippen LogP contribution in [0.15, 0.2) is 23.8 Å². The van der Waals surface area contributed by atoms with Crippen LogP contribution in [0.4, 0.5) is 0 Å². The second-order valence-corrected chi connectivity index (χ2v) is 11.1. The van der Waals surface area contributed by atoms with Crippen molar-refractivity contribution in [2.75, 3.05) is 18.8 Å². The first kappa shape index (κ1) is 23.7. The summed E-state index contributed by atoms with van der Waals surface area (Å²) in [7, 11) is 0. The van der Waals surface area contributed by atoms with Gasteiger partial charge in [-0.25, -0.2) is 0 Å². The number of carbonyl (C=O) groups is 3. The predicted molar refractivity (Wildman–Crippen MR) is 122 cm³/mol. The molecular formula is C25H34O6S. The Hall–Kier alpha value is -1.44. The van der Waals surface area contributed by atoms with Crippen molar-refractivity contribution in [1.82, 2.24) is 0 Å². The molecule has 1 N–H and O–H groups in total. The minimum Gasteiger partial charge on any atom is -0.458 e. The van der Waals surface area contributed by atoms with Crippen LogP contribution in [0.1, 0.15) is 52.9 Å². The summed E-state index contributed by atoms with van der Waals surface area (Å²) in [4.78, 5) is 36.8. The Labute approximate surface area is 194 Å². The number of thioether (sulfide) groups is 1. The molecule has 4 aliphatic rings. The molecule has 176 valence electrons. The van der Waals surface area contributed by atoms with Crippen molar-refractivity contribution in [3.05, 3.63) is 23.8 Å². The second kappa shape index (κ2) is 8.41. The smallest absolute Gasteiger partial charge is 0.303 e. The number of ketones is 2. The highest BCUT2D eigenvalue weighted by Crippen LogP contribution is 2.67. The summed E-state index contributed by atoms with van der Waals surface area (Å²) < 4.78 is 11.4. The maximum Gasteiger partial charge on any atom is 0.303 e. The zero-order chi connectivity index (χ0) is 23.3. The number of aliphatic hydroxyl groups is 1. The predicted octanol–water partition coefficient (Wildman–Crippen LogP) is 3.47. The van der Waals surface area contributed by atoms with E-state index >= 15 is 0 Å². The first-order chi connectivity index (χ1) is 15.1. The molecule has 0 saturated heterocycles. The summed E-state index contributed by atoms with van der Waals surface area (Å²) >= 11 is 1.51. The quantitative estimate of drug-likeness (QED) is 0.477. The standard InChI is InChI=1S/C25H34O6S/c1-15(26)30-13-21(29)25(31-14-32-4)10-8-19-18-6-5-16-11-17(27)7-9-23(16,2)22(18)20(28)12-24(19,25)3/h7,9,11,18-20,22,28H,5-6,8,10,12-14H2,1-4H3/t18-,19-,20-,22+,23-,24-,25-/m0/s1. The third-order valence-electron chi connectivity index (χ3n) is 8.90. The van der Waals surface area contributed by atoms with Crippen LogP contribution in [-0.4, -0.2) is 53.1 Å². The van der Waals surface area contributed by atoms with Gasteiger partial charge in [-0.2, -0.15) is 0 Å². The molecule has 0 amide bonds. The Balaban J connectivity index is 1.70. The maximum absolute atomic E-state index is 13.5. The number of ether oxygens (including phenoxy) is 2. The van der Waals surface area contributed by atoms with E-state index in [2.05, 4.69) is 13.8 Å². The highest BCUT2D eigenvalue weighted by Gasteiger charge is 2.69. The minimum atomic E-state index is -1.07. The van der Waals surface area contributed by atoms with Crippen LogP contribution in [0, 0.1) is 28.6 Å². The van der Waals surface area contributed by atoms with E-state index in [1.807, 2.05) is 12.3 Å². The third kappa shape index (κ3) is 3.43. The summed E-state index contributed by atoms with van der Waals surface area (Å²) in [5, 5.41) is 11.5. The van der Waals surface area contributed by atoms with Crippen molar-refractivity contribution >= 4 is 29.3 Å². The molecule has 0 aromatic heterocycles. The Kier molecular flexibility index (Phi) is 6.23. The van der Waals surface area contributed by atoms with E-state index in [1.54, 1.807) is 12.2 Å². The van der Waals surface area contributed by atoms with E-state index in [0.717, 1.165) is 24.8 Å². The van der Waals surface area contributed by atoms with Gasteiger partial charge in [-0.05, 0) is 62.3 Å². The van der Waals surface area contributed by atoms with E-state index in [-0.39, 0.29) is 41.3 Å². The maximum atomic E-state index is 13.5. The van der Waals surface area contributed by atoms with Crippen molar-refractivity contribution in [3.63, 3.8) is 0 Å². The molecule has 0 unspecified atom stereocenters. The van der Waals surface area contributed by atoms with Gasteiger partial charge in [0.1, 0.15) is 5.60 Å². The molecular weight excluding hydrogens is 428 g/mol. The minimum absolute atomic E-state index is 0.00449. The van der Waals surface area contributed by atoms with Crippen LogP contribution < -0.4 is 0 Å². The summed E-state index contributed by atoms with van der Waals surface area (Å²) in [6.45, 7) is 5.23. The first-order valence-corrected chi connectivity index (χ1v) is 12.9. The van der Waals surface area contributed by atoms with Gasteiger partial charge in [0.2, 0.25) is 5.78 Å². The van der Waals surface area contributed by atoms with Gasteiger partial charge in [0.15, 0.2) is 12.4 Å². The molecule has 0 aromatic rings. The number of aliphatic hydroxyl groups excluding tert-OH is 1. The molecule has 0 bridgehead atoms. The van der Waals surface area contributed by atoms with Crippen molar-refractivity contribution in [2.24, 2.45) is 28.6 Å². The van der Waals surface area contributed by atoms with Crippen molar-refractivity contribution in [1.29, 1.82) is 0 Å². The fourth-order valence-electron chi connectivity index (χ4n) is 7.53. The van der Waals surface area contributed by atoms with Crippen LogP contribution in [0.5, 0.6) is 0 Å². The number of hydrogen-bond acceptors (Lipinski definition) is 7. The largest absolute Gasteiger partial charge is 0.458 e. The topological polar surface area (TPSA) is 89.9 Å². The number of fused-ring (bicyclic) bond motifs is 5. The monoisotopic (exact) mass is 462 g/mol. The highest BCUT2D eigenvalue weighted by atomic mass is 32.2. The lowest BCUT2D eigenvalue weighted by molar-refractivity contribution is -0.189. The average Bonchev–Trinajstić information content (AvgIpc) is 3.03. The Morgan fingerprint density at radius 1 is 1.28 bits per heavy atom. The Morgan fingerprint density at radius 2 is 2.03 bits per heavy atom. The summed E-state index contributed by atoms with van der Waals surface area (Å²) in [6.07, 6.45) is 10.3. The van der Waals surface area contributed by atoms with Crippen LogP contribution in [-0.2, 0) is 23.9 Å². The third-order valence-corrected chi connectivity index (χ3v) is 9.25. The molecule has 0 spiro atoms. The SMILES string of the molecule is CSCO[C@]1(C(=O)COC(C)=O)CC[C@H]2[C@@H]3CCC4=CC(=O)C=C[C@]4(C)[C@H]3[C@@H](O)C[C@@]21C. The molecule has 6 nitrogen and oxygen atoms in total. The van der Waals surface area contributed by atoms with Gasteiger partial charge in [0.25, 0.3) is 0 Å². The lowest BCUT2D eigenvalue weighted by Crippen LogP contribution is -2.62. The molecule has 32 heavy (non-hydrogen) atoms. The van der Waals surface area contributed by atoms with E-state index in [4.69, 9.17) is 9.47 Å². The van der Waals surface area contributed by atoms with Crippen LogP contribution in [0.3, 0.4) is 0 Å². The van der Waals surface area contributed by atoms with Crippen LogP contribution in [0.25, 0.3) is 0 Å². The molecule has 4 aliphatic carbocycles. The molecule has 0 aliphatic heterocycles. The van der Waals surface area contributed by atoms with Crippen molar-refractivity contribution in [2.45, 2.75) is 64.6 Å². The number of hydrogen-bond donors (Lipinski definition) is 1. The van der Waals surface area contributed by atoms with Gasteiger partial charge in [-0.3, -0.25) is 14.4 Å². The van der Waals surface area contributed by atoms with Gasteiger partial charge in [0, 0.05) is 23.7 Å². The number of esters is 1. The zero-order valence-corrected chi connectivity index (χ0v) is 20.2. The molecule has 7 heteroatoms. The van der Waals surface area contributed by atoms with Crippen LogP contribution >= 0.6 is 11.8 Å². The fraction of sp³-hybridized carbons (Fsp3) is 0.720. The zero-order valence-electron chi connectivity index (χ0n) is 19.4. The highest BCUT2D eigenvalue weighted by molar-refractivity contribution is 7.98. The molecule has 0 radical (unpaired) electrons.